The second kappa shape index (κ2) is 14.2. The fraction of sp³-hybridized carbons (Fsp3) is 0.429. The quantitative estimate of drug-likeness (QED) is 0.417. The minimum Gasteiger partial charge on any atom is -0.496 e. The number of hydrogen-bond donors (Lipinski definition) is 1. The Labute approximate surface area is 235 Å². The molecule has 2 aromatic carbocycles. The van der Waals surface area contributed by atoms with Gasteiger partial charge in [0, 0.05) is 31.5 Å². The Morgan fingerprint density at radius 3 is 2.61 bits per heavy atom. The van der Waals surface area contributed by atoms with Crippen molar-refractivity contribution in [2.24, 2.45) is 11.0 Å². The van der Waals surface area contributed by atoms with E-state index in [1.54, 1.807) is 42.5 Å². The van der Waals surface area contributed by atoms with Crippen molar-refractivity contribution in [1.29, 1.82) is 0 Å². The SMILES string of the molecule is CC[C@@H](CC(=O)N1C/C(=N/N(C)C)CCC(Cc2cc(Cl)ccc2OC)C1=O)c1cccc(C(=O)O)c1.Cl. The summed E-state index contributed by atoms with van der Waals surface area (Å²) in [7, 11) is 5.19. The number of carbonyl (C=O) groups excluding carboxylic acids is 2. The third kappa shape index (κ3) is 7.95. The Kier molecular flexibility index (Phi) is 11.6. The first-order valence-corrected chi connectivity index (χ1v) is 12.7. The number of rotatable bonds is 9. The first-order chi connectivity index (χ1) is 17.6. The summed E-state index contributed by atoms with van der Waals surface area (Å²) < 4.78 is 5.48. The van der Waals surface area contributed by atoms with Crippen LogP contribution < -0.4 is 4.74 Å². The molecular formula is C28H35Cl2N3O5. The Hall–Kier alpha value is -3.10. The summed E-state index contributed by atoms with van der Waals surface area (Å²) in [5.41, 5.74) is 2.50. The number of amides is 2. The van der Waals surface area contributed by atoms with Gasteiger partial charge in [0.25, 0.3) is 0 Å². The summed E-state index contributed by atoms with van der Waals surface area (Å²) in [5.74, 6) is -1.58. The molecule has 10 heteroatoms. The summed E-state index contributed by atoms with van der Waals surface area (Å²) >= 11 is 6.22. The normalized spacial score (nSPS) is 17.4. The summed E-state index contributed by atoms with van der Waals surface area (Å²) in [4.78, 5) is 40.1. The van der Waals surface area contributed by atoms with Crippen LogP contribution in [0.15, 0.2) is 47.6 Å². The van der Waals surface area contributed by atoms with Gasteiger partial charge in [0.1, 0.15) is 5.75 Å². The van der Waals surface area contributed by atoms with Crippen LogP contribution in [0.3, 0.4) is 0 Å². The number of carbonyl (C=O) groups is 3. The average molecular weight is 565 g/mol. The van der Waals surface area contributed by atoms with Crippen molar-refractivity contribution >= 4 is 47.5 Å². The zero-order valence-corrected chi connectivity index (χ0v) is 23.7. The molecule has 2 amide bonds. The zero-order valence-electron chi connectivity index (χ0n) is 22.1. The highest BCUT2D eigenvalue weighted by Crippen LogP contribution is 2.30. The maximum absolute atomic E-state index is 13.7. The number of hydrogen-bond acceptors (Lipinski definition) is 6. The Bertz CT molecular complexity index is 1180. The van der Waals surface area contributed by atoms with Gasteiger partial charge in [0.2, 0.25) is 11.8 Å². The van der Waals surface area contributed by atoms with Gasteiger partial charge < -0.3 is 14.9 Å². The van der Waals surface area contributed by atoms with Crippen LogP contribution in [0.5, 0.6) is 5.75 Å². The number of halogens is 2. The van der Waals surface area contributed by atoms with Crippen LogP contribution in [0, 0.1) is 5.92 Å². The third-order valence-electron chi connectivity index (χ3n) is 6.61. The van der Waals surface area contributed by atoms with Gasteiger partial charge in [-0.3, -0.25) is 14.5 Å². The predicted octanol–water partition coefficient (Wildman–Crippen LogP) is 5.28. The third-order valence-corrected chi connectivity index (χ3v) is 6.84. The van der Waals surface area contributed by atoms with E-state index in [0.29, 0.717) is 36.5 Å². The van der Waals surface area contributed by atoms with Crippen molar-refractivity contribution in [3.05, 3.63) is 64.2 Å². The van der Waals surface area contributed by atoms with Gasteiger partial charge in [0.15, 0.2) is 0 Å². The molecule has 2 atom stereocenters. The Morgan fingerprint density at radius 1 is 1.24 bits per heavy atom. The molecule has 0 aromatic heterocycles. The van der Waals surface area contributed by atoms with E-state index in [-0.39, 0.29) is 48.7 Å². The lowest BCUT2D eigenvalue weighted by atomic mass is 9.91. The van der Waals surface area contributed by atoms with Gasteiger partial charge in [-0.2, -0.15) is 5.10 Å². The Morgan fingerprint density at radius 2 is 1.97 bits per heavy atom. The van der Waals surface area contributed by atoms with Gasteiger partial charge in [-0.25, -0.2) is 4.79 Å². The molecule has 0 spiro atoms. The second-order valence-corrected chi connectivity index (χ2v) is 9.90. The van der Waals surface area contributed by atoms with Crippen LogP contribution in [0.4, 0.5) is 0 Å². The molecule has 206 valence electrons. The number of carboxylic acid groups (broad SMARTS) is 1. The van der Waals surface area contributed by atoms with E-state index in [9.17, 15) is 19.5 Å². The van der Waals surface area contributed by atoms with Crippen molar-refractivity contribution in [2.45, 2.75) is 44.9 Å². The molecule has 38 heavy (non-hydrogen) atoms. The molecule has 1 saturated heterocycles. The standard InChI is InChI=1S/C28H34ClN3O5.ClH/c1-5-18(19-7-6-8-21(13-19)28(35)36)16-26(33)32-17-24(30-31(2)3)11-9-20(27(32)34)14-22-15-23(29)10-12-25(22)37-4;/h6-8,10,12-13,15,18,20H,5,9,11,14,16-17H2,1-4H3,(H,35,36);1H/b30-24+;/t18-,20?;/m0./s1. The number of ether oxygens (including phenoxy) is 1. The summed E-state index contributed by atoms with van der Waals surface area (Å²) in [5, 5.41) is 16.1. The molecule has 1 aliphatic rings. The van der Waals surface area contributed by atoms with Crippen molar-refractivity contribution < 1.29 is 24.2 Å². The van der Waals surface area contributed by atoms with Crippen molar-refractivity contribution in [1.82, 2.24) is 9.91 Å². The van der Waals surface area contributed by atoms with Crippen molar-refractivity contribution in [2.75, 3.05) is 27.7 Å². The van der Waals surface area contributed by atoms with Gasteiger partial charge in [-0.15, -0.1) is 12.4 Å². The molecule has 2 aromatic rings. The molecular weight excluding hydrogens is 529 g/mol. The number of nitrogens with zero attached hydrogens (tertiary/aromatic N) is 3. The lowest BCUT2D eigenvalue weighted by molar-refractivity contribution is -0.146. The molecule has 1 aliphatic heterocycles. The van der Waals surface area contributed by atoms with Crippen LogP contribution in [-0.2, 0) is 16.0 Å². The zero-order chi connectivity index (χ0) is 27.1. The fourth-order valence-electron chi connectivity index (χ4n) is 4.71. The molecule has 0 bridgehead atoms. The topological polar surface area (TPSA) is 99.5 Å². The van der Waals surface area contributed by atoms with E-state index in [1.807, 2.05) is 27.1 Å². The minimum absolute atomic E-state index is 0. The van der Waals surface area contributed by atoms with Crippen molar-refractivity contribution in [3.63, 3.8) is 0 Å². The first-order valence-electron chi connectivity index (χ1n) is 12.4. The van der Waals surface area contributed by atoms with Gasteiger partial charge in [-0.05, 0) is 73.1 Å². The summed E-state index contributed by atoms with van der Waals surface area (Å²) in [6.45, 7) is 2.08. The van der Waals surface area contributed by atoms with Gasteiger partial charge in [-0.1, -0.05) is 30.7 Å². The van der Waals surface area contributed by atoms with Crippen LogP contribution in [0.1, 0.15) is 60.0 Å². The van der Waals surface area contributed by atoms with Gasteiger partial charge >= 0.3 is 5.97 Å². The fourth-order valence-corrected chi connectivity index (χ4v) is 4.90. The van der Waals surface area contributed by atoms with E-state index in [1.165, 1.54) is 11.0 Å². The molecule has 8 nitrogen and oxygen atoms in total. The van der Waals surface area contributed by atoms with E-state index in [4.69, 9.17) is 16.3 Å². The maximum Gasteiger partial charge on any atom is 0.335 e. The van der Waals surface area contributed by atoms with Crippen molar-refractivity contribution in [3.8, 4) is 5.75 Å². The highest BCUT2D eigenvalue weighted by molar-refractivity contribution is 6.30. The number of imide groups is 1. The molecule has 1 heterocycles. The molecule has 0 radical (unpaired) electrons. The van der Waals surface area contributed by atoms with Crippen LogP contribution in [0.2, 0.25) is 5.02 Å². The second-order valence-electron chi connectivity index (χ2n) is 9.47. The van der Waals surface area contributed by atoms with E-state index < -0.39 is 11.9 Å². The van der Waals surface area contributed by atoms with E-state index >= 15 is 0 Å². The maximum atomic E-state index is 13.7. The predicted molar refractivity (Wildman–Crippen MR) is 151 cm³/mol. The van der Waals surface area contributed by atoms with E-state index in [2.05, 4.69) is 5.10 Å². The number of hydrazone groups is 1. The van der Waals surface area contributed by atoms with Crippen LogP contribution in [0.25, 0.3) is 0 Å². The monoisotopic (exact) mass is 563 g/mol. The number of methoxy groups -OCH3 is 1. The molecule has 0 aliphatic carbocycles. The average Bonchev–Trinajstić information content (AvgIpc) is 3.01. The van der Waals surface area contributed by atoms with Gasteiger partial charge in [0.05, 0.1) is 24.9 Å². The summed E-state index contributed by atoms with van der Waals surface area (Å²) in [6.07, 6.45) is 2.23. The highest BCUT2D eigenvalue weighted by atomic mass is 35.5. The minimum atomic E-state index is -1.02. The lowest BCUT2D eigenvalue weighted by Gasteiger charge is -2.25. The Balaban J connectivity index is 0.00000507. The number of likely N-dealkylation sites (tertiary alicyclic amines) is 1. The number of aromatic carboxylic acids is 1. The van der Waals surface area contributed by atoms with Crippen LogP contribution in [-0.4, -0.2) is 66.3 Å². The number of benzene rings is 2. The molecule has 1 unspecified atom stereocenters. The summed E-state index contributed by atoms with van der Waals surface area (Å²) in [6, 6.07) is 11.9. The van der Waals surface area contributed by atoms with Crippen LogP contribution >= 0.6 is 24.0 Å². The van der Waals surface area contributed by atoms with E-state index in [0.717, 1.165) is 16.8 Å². The largest absolute Gasteiger partial charge is 0.496 e. The molecule has 0 saturated carbocycles. The lowest BCUT2D eigenvalue weighted by Crippen LogP contribution is -2.42. The number of carboxylic acids is 1. The first kappa shape index (κ1) is 31.1. The molecule has 1 fully saturated rings. The smallest absolute Gasteiger partial charge is 0.335 e. The molecule has 1 N–H and O–H groups in total. The highest BCUT2D eigenvalue weighted by Gasteiger charge is 2.34. The molecule has 3 rings (SSSR count).